The van der Waals surface area contributed by atoms with Gasteiger partial charge < -0.3 is 10.2 Å². The van der Waals surface area contributed by atoms with Crippen molar-refractivity contribution in [1.29, 1.82) is 0 Å². The van der Waals surface area contributed by atoms with Gasteiger partial charge in [-0.3, -0.25) is 9.59 Å². The summed E-state index contributed by atoms with van der Waals surface area (Å²) in [7, 11) is -3.37. The summed E-state index contributed by atoms with van der Waals surface area (Å²) in [4.78, 5) is 24.3. The van der Waals surface area contributed by atoms with Crippen LogP contribution in [0.25, 0.3) is 0 Å². The van der Waals surface area contributed by atoms with Crippen LogP contribution in [-0.4, -0.2) is 50.7 Å². The smallest absolute Gasteiger partial charge is 0.333 e. The van der Waals surface area contributed by atoms with Crippen molar-refractivity contribution in [3.63, 3.8) is 0 Å². The Morgan fingerprint density at radius 3 is 2.38 bits per heavy atom. The number of anilines is 1. The minimum absolute atomic E-state index is 0.0768. The second kappa shape index (κ2) is 6.42. The van der Waals surface area contributed by atoms with Gasteiger partial charge in [-0.2, -0.15) is 13.2 Å². The van der Waals surface area contributed by atoms with Crippen LogP contribution in [0.2, 0.25) is 0 Å². The van der Waals surface area contributed by atoms with E-state index in [4.69, 9.17) is 0 Å². The largest absolute Gasteiger partial charge is 0.406 e. The molecule has 0 aromatic heterocycles. The van der Waals surface area contributed by atoms with Crippen molar-refractivity contribution >= 4 is 27.3 Å². The van der Waals surface area contributed by atoms with Gasteiger partial charge in [0.1, 0.15) is 6.54 Å². The lowest BCUT2D eigenvalue weighted by Gasteiger charge is -2.18. The maximum absolute atomic E-state index is 12.3. The molecule has 132 valence electrons. The highest BCUT2D eigenvalue weighted by Crippen LogP contribution is 2.25. The van der Waals surface area contributed by atoms with Crippen molar-refractivity contribution < 1.29 is 31.2 Å². The van der Waals surface area contributed by atoms with Gasteiger partial charge in [0.15, 0.2) is 9.84 Å². The summed E-state index contributed by atoms with van der Waals surface area (Å²) in [5.74, 6) is -2.19. The van der Waals surface area contributed by atoms with Crippen LogP contribution in [0.4, 0.5) is 18.9 Å². The molecule has 2 rings (SSSR count). The molecule has 1 atom stereocenters. The standard InChI is InChI=1S/C14H15F3N2O4S/c1-24(22,23)11-4-2-10(3-5-11)18-13(21)9-6-12(20)19(7-9)8-14(15,16)17/h2-5,9H,6-8H2,1H3,(H,18,21). The number of benzene rings is 1. The molecule has 1 aromatic carbocycles. The van der Waals surface area contributed by atoms with Crippen molar-refractivity contribution in [2.75, 3.05) is 24.7 Å². The maximum Gasteiger partial charge on any atom is 0.406 e. The van der Waals surface area contributed by atoms with Crippen LogP contribution in [0.5, 0.6) is 0 Å². The van der Waals surface area contributed by atoms with E-state index >= 15 is 0 Å². The van der Waals surface area contributed by atoms with E-state index in [-0.39, 0.29) is 17.9 Å². The number of hydrogen-bond acceptors (Lipinski definition) is 4. The van der Waals surface area contributed by atoms with Gasteiger partial charge >= 0.3 is 6.18 Å². The highest BCUT2D eigenvalue weighted by atomic mass is 32.2. The second-order valence-corrected chi connectivity index (χ2v) is 7.59. The predicted molar refractivity (Wildman–Crippen MR) is 78.9 cm³/mol. The Bertz CT molecular complexity index is 744. The monoisotopic (exact) mass is 364 g/mol. The first-order valence-corrected chi connectivity index (χ1v) is 8.80. The molecule has 10 heteroatoms. The number of sulfone groups is 1. The van der Waals surface area contributed by atoms with Gasteiger partial charge in [-0.15, -0.1) is 0 Å². The van der Waals surface area contributed by atoms with Crippen LogP contribution in [-0.2, 0) is 19.4 Å². The van der Waals surface area contributed by atoms with Gasteiger partial charge in [-0.05, 0) is 24.3 Å². The van der Waals surface area contributed by atoms with Crippen LogP contribution in [0.1, 0.15) is 6.42 Å². The molecule has 1 aliphatic heterocycles. The number of amides is 2. The summed E-state index contributed by atoms with van der Waals surface area (Å²) in [6, 6.07) is 5.36. The van der Waals surface area contributed by atoms with Gasteiger partial charge in [-0.1, -0.05) is 0 Å². The minimum Gasteiger partial charge on any atom is -0.333 e. The third-order valence-corrected chi connectivity index (χ3v) is 4.63. The van der Waals surface area contributed by atoms with Crippen LogP contribution in [0.3, 0.4) is 0 Å². The SMILES string of the molecule is CS(=O)(=O)c1ccc(NC(=O)C2CC(=O)N(CC(F)(F)F)C2)cc1. The Kier molecular flexibility index (Phi) is 4.88. The molecule has 1 N–H and O–H groups in total. The minimum atomic E-state index is -4.51. The Balaban J connectivity index is 1.99. The lowest BCUT2D eigenvalue weighted by molar-refractivity contribution is -0.157. The predicted octanol–water partition coefficient (Wildman–Crippen LogP) is 1.44. The van der Waals surface area contributed by atoms with Crippen LogP contribution >= 0.6 is 0 Å². The zero-order valence-electron chi connectivity index (χ0n) is 12.6. The fourth-order valence-electron chi connectivity index (χ4n) is 2.35. The number of rotatable bonds is 4. The summed E-state index contributed by atoms with van der Waals surface area (Å²) in [6.07, 6.45) is -3.76. The highest BCUT2D eigenvalue weighted by Gasteiger charge is 2.40. The van der Waals surface area contributed by atoms with E-state index in [0.717, 1.165) is 6.26 Å². The molecule has 0 bridgehead atoms. The summed E-state index contributed by atoms with van der Waals surface area (Å²) >= 11 is 0. The Morgan fingerprint density at radius 2 is 1.88 bits per heavy atom. The maximum atomic E-state index is 12.3. The number of carbonyl (C=O) groups excluding carboxylic acids is 2. The third kappa shape index (κ3) is 4.70. The summed E-state index contributed by atoms with van der Waals surface area (Å²) in [5, 5.41) is 2.47. The summed E-state index contributed by atoms with van der Waals surface area (Å²) < 4.78 is 59.7. The number of halogens is 3. The fourth-order valence-corrected chi connectivity index (χ4v) is 2.98. The molecule has 1 heterocycles. The van der Waals surface area contributed by atoms with Gasteiger partial charge in [0.2, 0.25) is 11.8 Å². The molecular formula is C14H15F3N2O4S. The third-order valence-electron chi connectivity index (χ3n) is 3.51. The summed E-state index contributed by atoms with van der Waals surface area (Å²) in [5.41, 5.74) is 0.300. The lowest BCUT2D eigenvalue weighted by atomic mass is 10.1. The van der Waals surface area contributed by atoms with Gasteiger partial charge in [0.25, 0.3) is 0 Å². The molecule has 24 heavy (non-hydrogen) atoms. The first kappa shape index (κ1) is 18.2. The van der Waals surface area contributed by atoms with E-state index in [1.807, 2.05) is 0 Å². The second-order valence-electron chi connectivity index (χ2n) is 5.58. The number of carbonyl (C=O) groups is 2. The highest BCUT2D eigenvalue weighted by molar-refractivity contribution is 7.90. The molecule has 0 aliphatic carbocycles. The van der Waals surface area contributed by atoms with Gasteiger partial charge in [0, 0.05) is 24.9 Å². The normalized spacial score (nSPS) is 18.8. The van der Waals surface area contributed by atoms with Crippen LogP contribution < -0.4 is 5.32 Å². The molecule has 1 aliphatic rings. The van der Waals surface area contributed by atoms with Crippen molar-refractivity contribution in [3.8, 4) is 0 Å². The van der Waals surface area contributed by atoms with Crippen molar-refractivity contribution in [2.24, 2.45) is 5.92 Å². The molecule has 1 unspecified atom stereocenters. The van der Waals surface area contributed by atoms with Crippen molar-refractivity contribution in [2.45, 2.75) is 17.5 Å². The molecule has 1 saturated heterocycles. The van der Waals surface area contributed by atoms with Gasteiger partial charge in [0.05, 0.1) is 10.8 Å². The average molecular weight is 364 g/mol. The van der Waals surface area contributed by atoms with Crippen molar-refractivity contribution in [1.82, 2.24) is 4.90 Å². The number of alkyl halides is 3. The molecular weight excluding hydrogens is 349 g/mol. The van der Waals surface area contributed by atoms with E-state index in [1.54, 1.807) is 0 Å². The van der Waals surface area contributed by atoms with Crippen molar-refractivity contribution in [3.05, 3.63) is 24.3 Å². The number of likely N-dealkylation sites (tertiary alicyclic amines) is 1. The van der Waals surface area contributed by atoms with Gasteiger partial charge in [-0.25, -0.2) is 8.42 Å². The first-order valence-electron chi connectivity index (χ1n) is 6.91. The number of nitrogens with one attached hydrogen (secondary N) is 1. The Labute approximate surface area is 136 Å². The lowest BCUT2D eigenvalue weighted by Crippen LogP contribution is -2.36. The molecule has 0 saturated carbocycles. The van der Waals surface area contributed by atoms with Crippen LogP contribution in [0.15, 0.2) is 29.2 Å². The zero-order valence-corrected chi connectivity index (χ0v) is 13.4. The molecule has 0 spiro atoms. The van der Waals surface area contributed by atoms with E-state index in [9.17, 15) is 31.2 Å². The van der Waals surface area contributed by atoms with Crippen LogP contribution in [0, 0.1) is 5.92 Å². The molecule has 0 radical (unpaired) electrons. The molecule has 2 amide bonds. The molecule has 1 fully saturated rings. The Morgan fingerprint density at radius 1 is 1.29 bits per heavy atom. The summed E-state index contributed by atoms with van der Waals surface area (Å²) in [6.45, 7) is -1.68. The Hall–Kier alpha value is -2.10. The fraction of sp³-hybridized carbons (Fsp3) is 0.429. The number of hydrogen-bond donors (Lipinski definition) is 1. The van der Waals surface area contributed by atoms with E-state index < -0.39 is 40.3 Å². The quantitative estimate of drug-likeness (QED) is 0.876. The average Bonchev–Trinajstić information content (AvgIpc) is 2.78. The van der Waals surface area contributed by atoms with E-state index in [1.165, 1.54) is 24.3 Å². The van der Waals surface area contributed by atoms with E-state index in [2.05, 4.69) is 5.32 Å². The molecule has 6 nitrogen and oxygen atoms in total. The first-order chi connectivity index (χ1) is 11.0. The molecule has 1 aromatic rings. The van der Waals surface area contributed by atoms with E-state index in [0.29, 0.717) is 10.6 Å². The topological polar surface area (TPSA) is 83.5 Å². The number of nitrogens with zero attached hydrogens (tertiary/aromatic N) is 1. The zero-order chi connectivity index (χ0) is 18.1.